The van der Waals surface area contributed by atoms with Gasteiger partial charge >= 0.3 is 0 Å². The van der Waals surface area contributed by atoms with E-state index in [1.54, 1.807) is 0 Å². The van der Waals surface area contributed by atoms with Crippen molar-refractivity contribution in [2.75, 3.05) is 39.9 Å². The van der Waals surface area contributed by atoms with Crippen LogP contribution in [0.25, 0.3) is 0 Å². The molecule has 25 heavy (non-hydrogen) atoms. The zero-order valence-corrected chi connectivity index (χ0v) is 16.5. The van der Waals surface area contributed by atoms with Gasteiger partial charge < -0.3 is 14.3 Å². The molecule has 0 spiro atoms. The fourth-order valence-corrected chi connectivity index (χ4v) is 4.85. The number of aliphatic hydroxyl groups excluding tert-OH is 1. The topological polar surface area (TPSA) is 46.5 Å². The molecule has 146 valence electrons. The van der Waals surface area contributed by atoms with E-state index in [1.807, 2.05) is 6.92 Å². The second-order valence-electron chi connectivity index (χ2n) is 8.87. The van der Waals surface area contributed by atoms with Crippen LogP contribution in [0.2, 0.25) is 0 Å². The van der Waals surface area contributed by atoms with E-state index in [4.69, 9.17) is 4.74 Å². The first-order valence-corrected chi connectivity index (χ1v) is 10.6. The highest BCUT2D eigenvalue weighted by Crippen LogP contribution is 2.26. The van der Waals surface area contributed by atoms with Crippen LogP contribution in [0.4, 0.5) is 0 Å². The van der Waals surface area contributed by atoms with E-state index in [2.05, 4.69) is 7.05 Å². The molecule has 2 aliphatic rings. The normalized spacial score (nSPS) is 30.0. The van der Waals surface area contributed by atoms with Crippen LogP contribution in [-0.2, 0) is 9.53 Å². The monoisotopic (exact) mass is 354 g/mol. The van der Waals surface area contributed by atoms with Gasteiger partial charge in [-0.1, -0.05) is 19.3 Å². The van der Waals surface area contributed by atoms with Crippen molar-refractivity contribution in [3.63, 3.8) is 0 Å². The number of ketones is 1. The van der Waals surface area contributed by atoms with Crippen LogP contribution < -0.4 is 0 Å². The molecule has 0 saturated carbocycles. The van der Waals surface area contributed by atoms with Crippen molar-refractivity contribution in [1.82, 2.24) is 0 Å². The summed E-state index contributed by atoms with van der Waals surface area (Å²) in [5, 5.41) is 9.64. The minimum absolute atomic E-state index is 0.231. The maximum absolute atomic E-state index is 12.5. The lowest BCUT2D eigenvalue weighted by molar-refractivity contribution is -0.901. The van der Waals surface area contributed by atoms with Crippen molar-refractivity contribution in [3.8, 4) is 0 Å². The highest BCUT2D eigenvalue weighted by molar-refractivity contribution is 5.81. The molecule has 2 saturated heterocycles. The van der Waals surface area contributed by atoms with E-state index < -0.39 is 0 Å². The number of rotatable bonds is 9. The number of likely N-dealkylation sites (N-methyl/N-ethyl adjacent to an activating group) is 1. The summed E-state index contributed by atoms with van der Waals surface area (Å²) in [6.07, 6.45) is 11.4. The Balaban J connectivity index is 1.56. The molecule has 0 amide bonds. The molecular formula is C21H40NO3+. The van der Waals surface area contributed by atoms with Gasteiger partial charge in [0.15, 0.2) is 0 Å². The number of hydrogen-bond acceptors (Lipinski definition) is 3. The van der Waals surface area contributed by atoms with Gasteiger partial charge in [-0.3, -0.25) is 4.79 Å². The van der Waals surface area contributed by atoms with Gasteiger partial charge in [-0.15, -0.1) is 0 Å². The van der Waals surface area contributed by atoms with Gasteiger partial charge in [0.1, 0.15) is 18.4 Å². The maximum Gasteiger partial charge on any atom is 0.141 e. The van der Waals surface area contributed by atoms with Crippen molar-refractivity contribution in [2.24, 2.45) is 11.8 Å². The first-order chi connectivity index (χ1) is 12.0. The Hall–Kier alpha value is -0.450. The van der Waals surface area contributed by atoms with Gasteiger partial charge in [0.2, 0.25) is 0 Å². The summed E-state index contributed by atoms with van der Waals surface area (Å²) in [5.41, 5.74) is 0. The average molecular weight is 355 g/mol. The van der Waals surface area contributed by atoms with Crippen LogP contribution in [0.5, 0.6) is 0 Å². The maximum atomic E-state index is 12.5. The van der Waals surface area contributed by atoms with Crippen molar-refractivity contribution in [3.05, 3.63) is 0 Å². The molecule has 0 aromatic heterocycles. The minimum Gasteiger partial charge on any atom is -0.388 e. The number of nitrogens with zero attached hydrogens (tertiary/aromatic N) is 1. The molecule has 0 aromatic carbocycles. The number of aliphatic hydroxyl groups is 1. The van der Waals surface area contributed by atoms with E-state index in [-0.39, 0.29) is 12.0 Å². The molecule has 0 radical (unpaired) electrons. The van der Waals surface area contributed by atoms with E-state index in [1.165, 1.54) is 44.9 Å². The third-order valence-electron chi connectivity index (χ3n) is 6.18. The fourth-order valence-electron chi connectivity index (χ4n) is 4.85. The summed E-state index contributed by atoms with van der Waals surface area (Å²) >= 11 is 0. The number of hydrogen-bond donors (Lipinski definition) is 1. The SMILES string of the molecule is CC(O)C[N+]1(C)CCC(C(=O)CCCCCC2CCCOCCC2)C1. The summed E-state index contributed by atoms with van der Waals surface area (Å²) in [7, 11) is 2.18. The zero-order valence-electron chi connectivity index (χ0n) is 16.5. The number of carbonyl (C=O) groups is 1. The van der Waals surface area contributed by atoms with Gasteiger partial charge in [-0.05, 0) is 44.9 Å². The van der Waals surface area contributed by atoms with Crippen molar-refractivity contribution < 1.29 is 19.1 Å². The molecule has 3 atom stereocenters. The predicted molar refractivity (Wildman–Crippen MR) is 101 cm³/mol. The summed E-state index contributed by atoms with van der Waals surface area (Å²) in [6, 6.07) is 0. The largest absolute Gasteiger partial charge is 0.388 e. The molecule has 2 fully saturated rings. The van der Waals surface area contributed by atoms with Gasteiger partial charge in [0.05, 0.1) is 26.1 Å². The summed E-state index contributed by atoms with van der Waals surface area (Å²) in [6.45, 7) is 6.47. The third kappa shape index (κ3) is 7.76. The quantitative estimate of drug-likeness (QED) is 0.509. The summed E-state index contributed by atoms with van der Waals surface area (Å²) in [4.78, 5) is 12.5. The number of carbonyl (C=O) groups excluding carboxylic acids is 1. The molecule has 1 N–H and O–H groups in total. The molecule has 3 unspecified atom stereocenters. The van der Waals surface area contributed by atoms with E-state index >= 15 is 0 Å². The van der Waals surface area contributed by atoms with Gasteiger partial charge in [-0.25, -0.2) is 0 Å². The Kier molecular flexibility index (Phi) is 8.88. The third-order valence-corrected chi connectivity index (χ3v) is 6.18. The van der Waals surface area contributed by atoms with Gasteiger partial charge in [0.25, 0.3) is 0 Å². The number of likely N-dealkylation sites (tertiary alicyclic amines) is 1. The van der Waals surface area contributed by atoms with Gasteiger partial charge in [0, 0.05) is 26.1 Å². The lowest BCUT2D eigenvalue weighted by Crippen LogP contribution is -2.46. The summed E-state index contributed by atoms with van der Waals surface area (Å²) < 4.78 is 6.38. The van der Waals surface area contributed by atoms with E-state index in [0.717, 1.165) is 62.5 Å². The van der Waals surface area contributed by atoms with Crippen molar-refractivity contribution in [1.29, 1.82) is 0 Å². The molecule has 4 nitrogen and oxygen atoms in total. The summed E-state index contributed by atoms with van der Waals surface area (Å²) in [5.74, 6) is 1.58. The van der Waals surface area contributed by atoms with Gasteiger partial charge in [-0.2, -0.15) is 0 Å². The molecule has 0 aliphatic carbocycles. The molecule has 0 aromatic rings. The lowest BCUT2D eigenvalue weighted by Gasteiger charge is -2.30. The lowest BCUT2D eigenvalue weighted by atomic mass is 9.90. The number of Topliss-reactive ketones (excluding diaryl/α,β-unsaturated/α-hetero) is 1. The second kappa shape index (κ2) is 10.6. The van der Waals surface area contributed by atoms with Crippen LogP contribution >= 0.6 is 0 Å². The van der Waals surface area contributed by atoms with Crippen LogP contribution in [0, 0.1) is 11.8 Å². The minimum atomic E-state index is -0.279. The predicted octanol–water partition coefficient (Wildman–Crippen LogP) is 3.56. The highest BCUT2D eigenvalue weighted by atomic mass is 16.5. The standard InChI is InChI=1S/C21H40NO3/c1-18(23)16-22(2)13-12-20(17-22)21(24)11-5-3-4-8-19-9-6-14-25-15-7-10-19/h18-20,23H,3-17H2,1-2H3/q+1. The van der Waals surface area contributed by atoms with E-state index in [0.29, 0.717) is 5.78 Å². The number of ether oxygens (including phenoxy) is 1. The first-order valence-electron chi connectivity index (χ1n) is 10.6. The Labute approximate surface area is 154 Å². The highest BCUT2D eigenvalue weighted by Gasteiger charge is 2.38. The molecule has 2 heterocycles. The Morgan fingerprint density at radius 3 is 2.56 bits per heavy atom. The zero-order chi connectivity index (χ0) is 18.1. The van der Waals surface area contributed by atoms with Crippen LogP contribution in [0.15, 0.2) is 0 Å². The smallest absolute Gasteiger partial charge is 0.141 e. The number of unbranched alkanes of at least 4 members (excludes halogenated alkanes) is 2. The van der Waals surface area contributed by atoms with E-state index in [9.17, 15) is 9.90 Å². The molecule has 4 heteroatoms. The molecular weight excluding hydrogens is 314 g/mol. The molecule has 2 rings (SSSR count). The molecule has 0 bridgehead atoms. The fraction of sp³-hybridized carbons (Fsp3) is 0.952. The van der Waals surface area contributed by atoms with Crippen LogP contribution in [0.3, 0.4) is 0 Å². The Morgan fingerprint density at radius 2 is 1.88 bits per heavy atom. The van der Waals surface area contributed by atoms with Crippen molar-refractivity contribution >= 4 is 5.78 Å². The van der Waals surface area contributed by atoms with Crippen LogP contribution in [-0.4, -0.2) is 61.4 Å². The second-order valence-corrected chi connectivity index (χ2v) is 8.87. The number of quaternary nitrogens is 1. The Bertz CT molecular complexity index is 391. The average Bonchev–Trinajstić information content (AvgIpc) is 2.89. The van der Waals surface area contributed by atoms with Crippen LogP contribution in [0.1, 0.15) is 71.1 Å². The first kappa shape index (κ1) is 20.9. The van der Waals surface area contributed by atoms with Crippen molar-refractivity contribution in [2.45, 2.75) is 77.2 Å². The molecule has 2 aliphatic heterocycles. The Morgan fingerprint density at radius 1 is 1.16 bits per heavy atom.